The highest BCUT2D eigenvalue weighted by Gasteiger charge is 2.05. The van der Waals surface area contributed by atoms with Crippen LogP contribution in [0.25, 0.3) is 10.9 Å². The molecule has 86 valence electrons. The second-order valence-electron chi connectivity index (χ2n) is 4.06. The summed E-state index contributed by atoms with van der Waals surface area (Å²) in [5.74, 6) is 0.571. The second-order valence-corrected chi connectivity index (χ2v) is 4.06. The van der Waals surface area contributed by atoms with E-state index in [1.165, 1.54) is 16.5 Å². The van der Waals surface area contributed by atoms with E-state index in [4.69, 9.17) is 0 Å². The molecule has 1 heteroatoms. The van der Waals surface area contributed by atoms with E-state index in [-0.39, 0.29) is 0 Å². The highest BCUT2D eigenvalue weighted by molar-refractivity contribution is 5.80. The van der Waals surface area contributed by atoms with E-state index in [1.54, 1.807) is 0 Å². The maximum atomic E-state index is 4.37. The summed E-state index contributed by atoms with van der Waals surface area (Å²) in [4.78, 5) is 4.37. The molecule has 0 N–H and O–H groups in total. The molecule has 0 radical (unpaired) electrons. The molecule has 0 atom stereocenters. The van der Waals surface area contributed by atoms with Gasteiger partial charge in [0, 0.05) is 11.6 Å². The Morgan fingerprint density at radius 1 is 1.12 bits per heavy atom. The van der Waals surface area contributed by atoms with Gasteiger partial charge in [0.1, 0.15) is 0 Å². The number of aryl methyl sites for hydroxylation is 1. The molecule has 0 aliphatic rings. The van der Waals surface area contributed by atoms with E-state index in [0.29, 0.717) is 5.92 Å². The molecule has 0 saturated carbocycles. The third-order valence-electron chi connectivity index (χ3n) is 2.61. The van der Waals surface area contributed by atoms with Crippen LogP contribution in [0.2, 0.25) is 0 Å². The summed E-state index contributed by atoms with van der Waals surface area (Å²) in [5.41, 5.74) is 3.86. The molecule has 0 unspecified atom stereocenters. The lowest BCUT2D eigenvalue weighted by atomic mass is 9.96. The Bertz CT molecular complexity index is 458. The van der Waals surface area contributed by atoms with Crippen molar-refractivity contribution < 1.29 is 0 Å². The lowest BCUT2D eigenvalue weighted by Crippen LogP contribution is -1.92. The van der Waals surface area contributed by atoms with Crippen molar-refractivity contribution in [3.63, 3.8) is 0 Å². The smallest absolute Gasteiger partial charge is 0.0704 e. The molecular weight excluding hydrogens is 194 g/mol. The van der Waals surface area contributed by atoms with Gasteiger partial charge in [-0.3, -0.25) is 4.98 Å². The number of aromatic nitrogens is 1. The molecule has 2 rings (SSSR count). The quantitative estimate of drug-likeness (QED) is 0.672. The van der Waals surface area contributed by atoms with Gasteiger partial charge in [0.05, 0.1) is 5.52 Å². The van der Waals surface area contributed by atoms with Gasteiger partial charge in [0.2, 0.25) is 0 Å². The summed E-state index contributed by atoms with van der Waals surface area (Å²) in [7, 11) is 0. The van der Waals surface area contributed by atoms with Crippen LogP contribution in [0.3, 0.4) is 0 Å². The monoisotopic (exact) mass is 215 g/mol. The Morgan fingerprint density at radius 3 is 2.44 bits per heavy atom. The molecule has 0 spiro atoms. The molecule has 1 aromatic heterocycles. The van der Waals surface area contributed by atoms with Crippen LogP contribution < -0.4 is 0 Å². The first-order valence-corrected chi connectivity index (χ1v) is 6.04. The van der Waals surface area contributed by atoms with E-state index in [2.05, 4.69) is 44.0 Å². The molecule has 0 amide bonds. The first-order valence-electron chi connectivity index (χ1n) is 6.04. The third kappa shape index (κ3) is 2.60. The Kier molecular flexibility index (Phi) is 4.48. The van der Waals surface area contributed by atoms with E-state index < -0.39 is 0 Å². The molecule has 0 aliphatic carbocycles. The van der Waals surface area contributed by atoms with E-state index in [1.807, 2.05) is 26.1 Å². The summed E-state index contributed by atoms with van der Waals surface area (Å²) in [6.45, 7) is 10.6. The molecule has 1 heterocycles. The minimum atomic E-state index is 0.571. The highest BCUT2D eigenvalue weighted by Crippen LogP contribution is 2.23. The molecule has 2 aromatic rings. The lowest BCUT2D eigenvalue weighted by molar-refractivity contribution is 0.858. The van der Waals surface area contributed by atoms with Crippen molar-refractivity contribution in [2.45, 2.75) is 40.5 Å². The van der Waals surface area contributed by atoms with Gasteiger partial charge >= 0.3 is 0 Å². The van der Waals surface area contributed by atoms with Crippen LogP contribution >= 0.6 is 0 Å². The zero-order valence-corrected chi connectivity index (χ0v) is 10.9. The van der Waals surface area contributed by atoms with Gasteiger partial charge < -0.3 is 0 Å². The van der Waals surface area contributed by atoms with Crippen molar-refractivity contribution in [3.8, 4) is 0 Å². The van der Waals surface area contributed by atoms with Gasteiger partial charge in [-0.2, -0.15) is 0 Å². The normalized spacial score (nSPS) is 10.1. The van der Waals surface area contributed by atoms with Crippen molar-refractivity contribution in [2.24, 2.45) is 0 Å². The molecule has 0 fully saturated rings. The summed E-state index contributed by atoms with van der Waals surface area (Å²) in [6, 6.07) is 8.52. The molecule has 0 saturated heterocycles. The fourth-order valence-corrected chi connectivity index (χ4v) is 1.87. The van der Waals surface area contributed by atoms with Crippen LogP contribution in [0, 0.1) is 6.92 Å². The van der Waals surface area contributed by atoms with E-state index >= 15 is 0 Å². The maximum Gasteiger partial charge on any atom is 0.0704 e. The van der Waals surface area contributed by atoms with Crippen LogP contribution in [0.15, 0.2) is 30.5 Å². The summed E-state index contributed by atoms with van der Waals surface area (Å²) in [6.07, 6.45) is 1.85. The van der Waals surface area contributed by atoms with E-state index in [9.17, 15) is 0 Å². The Balaban J connectivity index is 0.000000606. The molecule has 16 heavy (non-hydrogen) atoms. The summed E-state index contributed by atoms with van der Waals surface area (Å²) < 4.78 is 0. The molecule has 1 nitrogen and oxygen atoms in total. The predicted molar refractivity (Wildman–Crippen MR) is 71.9 cm³/mol. The van der Waals surface area contributed by atoms with Gasteiger partial charge in [-0.05, 0) is 42.2 Å². The molecule has 1 aromatic carbocycles. The van der Waals surface area contributed by atoms with Crippen LogP contribution in [0.4, 0.5) is 0 Å². The summed E-state index contributed by atoms with van der Waals surface area (Å²) in [5, 5.41) is 1.23. The van der Waals surface area contributed by atoms with Crippen LogP contribution in [-0.4, -0.2) is 4.98 Å². The van der Waals surface area contributed by atoms with Gasteiger partial charge in [-0.1, -0.05) is 33.8 Å². The molecule has 0 aliphatic heterocycles. The number of pyridine rings is 1. The van der Waals surface area contributed by atoms with Crippen molar-refractivity contribution in [2.75, 3.05) is 0 Å². The fraction of sp³-hybridized carbons (Fsp3) is 0.400. The van der Waals surface area contributed by atoms with Crippen molar-refractivity contribution in [1.29, 1.82) is 0 Å². The predicted octanol–water partition coefficient (Wildman–Crippen LogP) is 4.69. The minimum Gasteiger partial charge on any atom is -0.256 e. The number of rotatable bonds is 1. The zero-order chi connectivity index (χ0) is 12.1. The number of fused-ring (bicyclic) bond motifs is 1. The number of nitrogens with zero attached hydrogens (tertiary/aromatic N) is 1. The minimum absolute atomic E-state index is 0.571. The third-order valence-corrected chi connectivity index (χ3v) is 2.61. The van der Waals surface area contributed by atoms with Crippen LogP contribution in [0.1, 0.15) is 44.7 Å². The largest absolute Gasteiger partial charge is 0.256 e. The zero-order valence-electron chi connectivity index (χ0n) is 10.9. The SMILES string of the molecule is CC.Cc1cc2cccnc2cc1C(C)C. The maximum absolute atomic E-state index is 4.37. The molecule has 0 bridgehead atoms. The van der Waals surface area contributed by atoms with E-state index in [0.717, 1.165) is 5.52 Å². The Morgan fingerprint density at radius 2 is 1.81 bits per heavy atom. The van der Waals surface area contributed by atoms with Crippen molar-refractivity contribution in [3.05, 3.63) is 41.6 Å². The summed E-state index contributed by atoms with van der Waals surface area (Å²) >= 11 is 0. The lowest BCUT2D eigenvalue weighted by Gasteiger charge is -2.10. The second kappa shape index (κ2) is 5.64. The highest BCUT2D eigenvalue weighted by atomic mass is 14.6. The van der Waals surface area contributed by atoms with Gasteiger partial charge in [0.25, 0.3) is 0 Å². The van der Waals surface area contributed by atoms with Crippen LogP contribution in [-0.2, 0) is 0 Å². The van der Waals surface area contributed by atoms with Gasteiger partial charge in [-0.15, -0.1) is 0 Å². The Hall–Kier alpha value is -1.37. The van der Waals surface area contributed by atoms with Gasteiger partial charge in [0.15, 0.2) is 0 Å². The number of hydrogen-bond acceptors (Lipinski definition) is 1. The van der Waals surface area contributed by atoms with Crippen LogP contribution in [0.5, 0.6) is 0 Å². The average molecular weight is 215 g/mol. The Labute approximate surface area is 98.5 Å². The van der Waals surface area contributed by atoms with Crippen molar-refractivity contribution >= 4 is 10.9 Å². The average Bonchev–Trinajstić information content (AvgIpc) is 2.30. The fourth-order valence-electron chi connectivity index (χ4n) is 1.87. The standard InChI is InChI=1S/C13H15N.C2H6/c1-9(2)12-8-13-11(7-10(12)3)5-4-6-14-13;1-2/h4-9H,1-3H3;1-2H3. The topological polar surface area (TPSA) is 12.9 Å². The van der Waals surface area contributed by atoms with Crippen molar-refractivity contribution in [1.82, 2.24) is 4.98 Å². The first-order chi connectivity index (χ1) is 7.68. The number of benzene rings is 1. The number of hydrogen-bond donors (Lipinski definition) is 0. The first kappa shape index (κ1) is 12.7. The van der Waals surface area contributed by atoms with Gasteiger partial charge in [-0.25, -0.2) is 0 Å². The molecular formula is C15H21N.